The lowest BCUT2D eigenvalue weighted by molar-refractivity contribution is -0.116. The molecule has 5 nitrogen and oxygen atoms in total. The highest BCUT2D eigenvalue weighted by Crippen LogP contribution is 2.24. The molecule has 1 amide bonds. The standard InChI is InChI=1S/C22H19ClF2N4OS/c1-15(23)14-31-22-28-27-20(29(22)19-8-6-17(24)7-9-19)11-12-26-21(30)10-5-16-3-2-4-18(25)13-16/h2-10,13H,1,11-12,14H2,(H,26,30)/b10-5+. The fourth-order valence-corrected chi connectivity index (χ4v) is 3.57. The summed E-state index contributed by atoms with van der Waals surface area (Å²) in [4.78, 5) is 12.1. The van der Waals surface area contributed by atoms with E-state index >= 15 is 0 Å². The van der Waals surface area contributed by atoms with Crippen LogP contribution in [-0.4, -0.2) is 33.0 Å². The van der Waals surface area contributed by atoms with Crippen LogP contribution in [0.2, 0.25) is 0 Å². The van der Waals surface area contributed by atoms with Gasteiger partial charge in [0.05, 0.1) is 0 Å². The minimum Gasteiger partial charge on any atom is -0.352 e. The van der Waals surface area contributed by atoms with Gasteiger partial charge in [0.1, 0.15) is 17.5 Å². The van der Waals surface area contributed by atoms with Gasteiger partial charge in [-0.1, -0.05) is 42.1 Å². The van der Waals surface area contributed by atoms with Crippen molar-refractivity contribution in [3.05, 3.63) is 89.2 Å². The van der Waals surface area contributed by atoms with Crippen LogP contribution in [0.1, 0.15) is 11.4 Å². The number of thioether (sulfide) groups is 1. The third-order valence-corrected chi connectivity index (χ3v) is 5.37. The highest BCUT2D eigenvalue weighted by Gasteiger charge is 2.15. The van der Waals surface area contributed by atoms with E-state index in [9.17, 15) is 13.6 Å². The van der Waals surface area contributed by atoms with Crippen LogP contribution in [0, 0.1) is 11.6 Å². The van der Waals surface area contributed by atoms with Crippen LogP contribution < -0.4 is 5.32 Å². The zero-order valence-electron chi connectivity index (χ0n) is 16.4. The largest absolute Gasteiger partial charge is 0.352 e. The van der Waals surface area contributed by atoms with E-state index in [1.165, 1.54) is 48.2 Å². The van der Waals surface area contributed by atoms with Crippen LogP contribution in [0.3, 0.4) is 0 Å². The Bertz CT molecular complexity index is 1100. The van der Waals surface area contributed by atoms with Gasteiger partial charge in [-0.15, -0.1) is 10.2 Å². The number of carbonyl (C=O) groups excluding carboxylic acids is 1. The van der Waals surface area contributed by atoms with Crippen molar-refractivity contribution in [3.63, 3.8) is 0 Å². The first-order chi connectivity index (χ1) is 14.9. The average molecular weight is 461 g/mol. The molecule has 0 atom stereocenters. The fraction of sp³-hybridized carbons (Fsp3) is 0.136. The van der Waals surface area contributed by atoms with E-state index in [0.717, 1.165) is 0 Å². The number of benzene rings is 2. The molecule has 31 heavy (non-hydrogen) atoms. The van der Waals surface area contributed by atoms with Crippen molar-refractivity contribution < 1.29 is 13.6 Å². The van der Waals surface area contributed by atoms with Gasteiger partial charge in [0.2, 0.25) is 5.91 Å². The van der Waals surface area contributed by atoms with E-state index < -0.39 is 0 Å². The topological polar surface area (TPSA) is 59.8 Å². The van der Waals surface area contributed by atoms with Crippen molar-refractivity contribution in [1.82, 2.24) is 20.1 Å². The molecular weight excluding hydrogens is 442 g/mol. The second-order valence-corrected chi connectivity index (χ2v) is 7.92. The van der Waals surface area contributed by atoms with E-state index in [1.54, 1.807) is 28.8 Å². The van der Waals surface area contributed by atoms with Crippen molar-refractivity contribution in [2.24, 2.45) is 0 Å². The van der Waals surface area contributed by atoms with E-state index in [2.05, 4.69) is 22.1 Å². The number of amides is 1. The maximum Gasteiger partial charge on any atom is 0.244 e. The molecule has 0 aliphatic rings. The van der Waals surface area contributed by atoms with Gasteiger partial charge in [-0.25, -0.2) is 8.78 Å². The average Bonchev–Trinajstić information content (AvgIpc) is 3.14. The number of halogens is 3. The SMILES string of the molecule is C=C(Cl)CSc1nnc(CCNC(=O)/C=C/c2cccc(F)c2)n1-c1ccc(F)cc1. The van der Waals surface area contributed by atoms with Crippen molar-refractivity contribution in [2.75, 3.05) is 12.3 Å². The van der Waals surface area contributed by atoms with E-state index in [-0.39, 0.29) is 17.5 Å². The normalized spacial score (nSPS) is 11.1. The zero-order valence-corrected chi connectivity index (χ0v) is 18.0. The molecule has 1 aromatic heterocycles. The van der Waals surface area contributed by atoms with E-state index in [0.29, 0.717) is 46.0 Å². The number of aromatic nitrogens is 3. The fourth-order valence-electron chi connectivity index (χ4n) is 2.69. The van der Waals surface area contributed by atoms with Crippen molar-refractivity contribution in [1.29, 1.82) is 0 Å². The Morgan fingerprint density at radius 2 is 1.94 bits per heavy atom. The van der Waals surface area contributed by atoms with Gasteiger partial charge in [-0.3, -0.25) is 9.36 Å². The summed E-state index contributed by atoms with van der Waals surface area (Å²) in [5.74, 6) is 0.0182. The van der Waals surface area contributed by atoms with Crippen molar-refractivity contribution in [3.8, 4) is 5.69 Å². The van der Waals surface area contributed by atoms with Crippen LogP contribution in [0.4, 0.5) is 8.78 Å². The van der Waals surface area contributed by atoms with Crippen LogP contribution in [0.5, 0.6) is 0 Å². The van der Waals surface area contributed by atoms with Crippen LogP contribution >= 0.6 is 23.4 Å². The van der Waals surface area contributed by atoms with Crippen LogP contribution in [-0.2, 0) is 11.2 Å². The molecule has 0 fully saturated rings. The molecule has 0 aliphatic heterocycles. The molecule has 2 aromatic carbocycles. The number of nitrogens with one attached hydrogen (secondary N) is 1. The summed E-state index contributed by atoms with van der Waals surface area (Å²) in [6.45, 7) is 3.97. The number of nitrogens with zero attached hydrogens (tertiary/aromatic N) is 3. The van der Waals surface area contributed by atoms with Gasteiger partial charge >= 0.3 is 0 Å². The third kappa shape index (κ3) is 6.77. The quantitative estimate of drug-likeness (QED) is 0.369. The lowest BCUT2D eigenvalue weighted by atomic mass is 10.2. The highest BCUT2D eigenvalue weighted by atomic mass is 35.5. The molecule has 160 valence electrons. The summed E-state index contributed by atoms with van der Waals surface area (Å²) in [6, 6.07) is 11.9. The van der Waals surface area contributed by atoms with Gasteiger partial charge < -0.3 is 5.32 Å². The summed E-state index contributed by atoms with van der Waals surface area (Å²) in [6.07, 6.45) is 3.27. The molecule has 0 radical (unpaired) electrons. The summed E-state index contributed by atoms with van der Waals surface area (Å²) in [5.41, 5.74) is 1.29. The van der Waals surface area contributed by atoms with E-state index in [1.807, 2.05) is 0 Å². The van der Waals surface area contributed by atoms with Gasteiger partial charge in [0, 0.05) is 35.5 Å². The van der Waals surface area contributed by atoms with Crippen molar-refractivity contribution >= 4 is 35.3 Å². The van der Waals surface area contributed by atoms with Gasteiger partial charge in [0.25, 0.3) is 0 Å². The molecule has 0 spiro atoms. The van der Waals surface area contributed by atoms with Crippen molar-refractivity contribution in [2.45, 2.75) is 11.6 Å². The molecule has 0 aliphatic carbocycles. The predicted molar refractivity (Wildman–Crippen MR) is 119 cm³/mol. The Labute approximate surface area is 187 Å². The summed E-state index contributed by atoms with van der Waals surface area (Å²) >= 11 is 7.21. The Kier molecular flexibility index (Phi) is 7.97. The monoisotopic (exact) mass is 460 g/mol. The second kappa shape index (κ2) is 10.9. The van der Waals surface area contributed by atoms with Crippen LogP contribution in [0.15, 0.2) is 71.4 Å². The summed E-state index contributed by atoms with van der Waals surface area (Å²) in [5, 5.41) is 12.2. The molecule has 0 bridgehead atoms. The molecule has 1 N–H and O–H groups in total. The first kappa shape index (κ1) is 22.7. The molecule has 3 rings (SSSR count). The Hall–Kier alpha value is -2.97. The molecule has 0 saturated heterocycles. The zero-order chi connectivity index (χ0) is 22.2. The Morgan fingerprint density at radius 3 is 2.65 bits per heavy atom. The first-order valence-corrected chi connectivity index (χ1v) is 10.7. The summed E-state index contributed by atoms with van der Waals surface area (Å²) in [7, 11) is 0. The highest BCUT2D eigenvalue weighted by molar-refractivity contribution is 7.99. The lowest BCUT2D eigenvalue weighted by Crippen LogP contribution is -2.24. The molecule has 0 saturated carbocycles. The lowest BCUT2D eigenvalue weighted by Gasteiger charge is -2.10. The number of carbonyl (C=O) groups is 1. The minimum atomic E-state index is -0.367. The summed E-state index contributed by atoms with van der Waals surface area (Å²) < 4.78 is 28.3. The molecular formula is C22H19ClF2N4OS. The van der Waals surface area contributed by atoms with Crippen LogP contribution in [0.25, 0.3) is 11.8 Å². The number of hydrogen-bond acceptors (Lipinski definition) is 4. The molecule has 1 heterocycles. The van der Waals surface area contributed by atoms with Gasteiger partial charge in [-0.2, -0.15) is 0 Å². The Balaban J connectivity index is 1.67. The smallest absolute Gasteiger partial charge is 0.244 e. The molecule has 3 aromatic rings. The third-order valence-electron chi connectivity index (χ3n) is 4.07. The minimum absolute atomic E-state index is 0.304. The number of hydrogen-bond donors (Lipinski definition) is 1. The van der Waals surface area contributed by atoms with E-state index in [4.69, 9.17) is 11.6 Å². The van der Waals surface area contributed by atoms with Gasteiger partial charge in [0.15, 0.2) is 5.16 Å². The first-order valence-electron chi connectivity index (χ1n) is 9.30. The molecule has 9 heteroatoms. The maximum atomic E-state index is 13.3. The number of rotatable bonds is 9. The Morgan fingerprint density at radius 1 is 1.16 bits per heavy atom. The second-order valence-electron chi connectivity index (χ2n) is 6.45. The predicted octanol–water partition coefficient (Wildman–Crippen LogP) is 4.76. The maximum absolute atomic E-state index is 13.3. The van der Waals surface area contributed by atoms with Gasteiger partial charge in [-0.05, 0) is 48.0 Å². The molecule has 0 unspecified atom stereocenters.